The van der Waals surface area contributed by atoms with Crippen LogP contribution in [0, 0.1) is 0 Å². The summed E-state index contributed by atoms with van der Waals surface area (Å²) in [5.41, 5.74) is 8.07. The van der Waals surface area contributed by atoms with E-state index in [4.69, 9.17) is 5.73 Å². The third-order valence-corrected chi connectivity index (χ3v) is 2.42. The van der Waals surface area contributed by atoms with Gasteiger partial charge in [-0.2, -0.15) is 0 Å². The summed E-state index contributed by atoms with van der Waals surface area (Å²) in [6, 6.07) is 5.52. The van der Waals surface area contributed by atoms with E-state index in [1.165, 1.54) is 0 Å². The molecule has 1 amide bonds. The summed E-state index contributed by atoms with van der Waals surface area (Å²) in [4.78, 5) is 11.4. The number of benzene rings is 1. The molecule has 1 aliphatic rings. The summed E-state index contributed by atoms with van der Waals surface area (Å²) in [7, 11) is 0. The molecule has 0 saturated heterocycles. The molecule has 1 aromatic rings. The van der Waals surface area contributed by atoms with E-state index in [1.807, 2.05) is 12.1 Å². The monoisotopic (exact) mass is 176 g/mol. The summed E-state index contributed by atoms with van der Waals surface area (Å²) in [6.07, 6.45) is 0. The Bertz CT molecular complexity index is 360. The molecule has 1 heterocycles. The Balaban J connectivity index is 2.57. The summed E-state index contributed by atoms with van der Waals surface area (Å²) in [5, 5.41) is 2.82. The van der Waals surface area contributed by atoms with Gasteiger partial charge in [0.1, 0.15) is 0 Å². The van der Waals surface area contributed by atoms with Crippen molar-refractivity contribution in [3.8, 4) is 0 Å². The van der Waals surface area contributed by atoms with Gasteiger partial charge in [-0.15, -0.1) is 0 Å². The minimum atomic E-state index is -0.0135. The van der Waals surface area contributed by atoms with Gasteiger partial charge in [-0.25, -0.2) is 0 Å². The van der Waals surface area contributed by atoms with Gasteiger partial charge in [0.2, 0.25) is 0 Å². The first-order valence-electron chi connectivity index (χ1n) is 4.36. The average Bonchev–Trinajstić information content (AvgIpc) is 2.12. The minimum absolute atomic E-state index is 0.0135. The Labute approximate surface area is 76.9 Å². The van der Waals surface area contributed by atoms with Crippen molar-refractivity contribution in [2.45, 2.75) is 12.8 Å². The smallest absolute Gasteiger partial charge is 0.251 e. The van der Waals surface area contributed by atoms with Crippen LogP contribution in [0.3, 0.4) is 0 Å². The van der Waals surface area contributed by atoms with Crippen molar-refractivity contribution in [1.29, 1.82) is 0 Å². The van der Waals surface area contributed by atoms with Gasteiger partial charge in [-0.1, -0.05) is 13.0 Å². The Kier molecular flexibility index (Phi) is 1.72. The number of nitrogen functional groups attached to an aromatic ring is 1. The summed E-state index contributed by atoms with van der Waals surface area (Å²) in [5.74, 6) is 0.369. The average molecular weight is 176 g/mol. The molecule has 0 bridgehead atoms. The van der Waals surface area contributed by atoms with E-state index in [1.54, 1.807) is 6.07 Å². The van der Waals surface area contributed by atoms with Crippen molar-refractivity contribution in [3.05, 3.63) is 29.3 Å². The van der Waals surface area contributed by atoms with Gasteiger partial charge in [0, 0.05) is 17.8 Å². The lowest BCUT2D eigenvalue weighted by atomic mass is 9.91. The Hall–Kier alpha value is -1.51. The van der Waals surface area contributed by atoms with E-state index in [0.29, 0.717) is 11.6 Å². The second-order valence-electron chi connectivity index (χ2n) is 3.46. The van der Waals surface area contributed by atoms with Crippen LogP contribution in [0.5, 0.6) is 0 Å². The zero-order valence-electron chi connectivity index (χ0n) is 7.50. The molecule has 1 aromatic carbocycles. The molecule has 0 aromatic heterocycles. The van der Waals surface area contributed by atoms with Gasteiger partial charge >= 0.3 is 0 Å². The number of fused-ring (bicyclic) bond motifs is 1. The standard InChI is InChI=1S/C10H12N2O/c1-6-5-12-10(13)9-4-7(11)2-3-8(6)9/h2-4,6H,5,11H2,1H3,(H,12,13)/t6-/m0/s1. The van der Waals surface area contributed by atoms with Crippen molar-refractivity contribution in [2.75, 3.05) is 12.3 Å². The largest absolute Gasteiger partial charge is 0.399 e. The van der Waals surface area contributed by atoms with Crippen LogP contribution in [0.4, 0.5) is 5.69 Å². The Morgan fingerprint density at radius 1 is 1.54 bits per heavy atom. The number of rotatable bonds is 0. The number of amides is 1. The highest BCUT2D eigenvalue weighted by Crippen LogP contribution is 2.24. The third kappa shape index (κ3) is 1.26. The van der Waals surface area contributed by atoms with Crippen LogP contribution in [-0.4, -0.2) is 12.5 Å². The summed E-state index contributed by atoms with van der Waals surface area (Å²) < 4.78 is 0. The van der Waals surface area contributed by atoms with Crippen molar-refractivity contribution in [3.63, 3.8) is 0 Å². The minimum Gasteiger partial charge on any atom is -0.399 e. The van der Waals surface area contributed by atoms with Crippen LogP contribution in [-0.2, 0) is 0 Å². The molecule has 0 radical (unpaired) electrons. The van der Waals surface area contributed by atoms with Crippen molar-refractivity contribution in [1.82, 2.24) is 5.32 Å². The number of carbonyl (C=O) groups is 1. The molecule has 1 atom stereocenters. The van der Waals surface area contributed by atoms with Crippen LogP contribution in [0.25, 0.3) is 0 Å². The number of anilines is 1. The predicted molar refractivity (Wildman–Crippen MR) is 51.6 cm³/mol. The molecule has 0 saturated carbocycles. The molecule has 3 N–H and O–H groups in total. The maximum absolute atomic E-state index is 11.4. The van der Waals surface area contributed by atoms with Crippen LogP contribution < -0.4 is 11.1 Å². The highest BCUT2D eigenvalue weighted by molar-refractivity contribution is 5.97. The highest BCUT2D eigenvalue weighted by atomic mass is 16.1. The van der Waals surface area contributed by atoms with Crippen molar-refractivity contribution >= 4 is 11.6 Å². The fraction of sp³-hybridized carbons (Fsp3) is 0.300. The van der Waals surface area contributed by atoms with Gasteiger partial charge < -0.3 is 11.1 Å². The van der Waals surface area contributed by atoms with Crippen molar-refractivity contribution in [2.24, 2.45) is 0 Å². The van der Waals surface area contributed by atoms with Crippen LogP contribution >= 0.6 is 0 Å². The fourth-order valence-corrected chi connectivity index (χ4v) is 1.65. The molecule has 13 heavy (non-hydrogen) atoms. The number of nitrogens with two attached hydrogens (primary N) is 1. The molecule has 0 fully saturated rings. The number of nitrogens with one attached hydrogen (secondary N) is 1. The maximum Gasteiger partial charge on any atom is 0.251 e. The molecular weight excluding hydrogens is 164 g/mol. The third-order valence-electron chi connectivity index (χ3n) is 2.42. The van der Waals surface area contributed by atoms with E-state index >= 15 is 0 Å². The molecule has 3 nitrogen and oxygen atoms in total. The first-order chi connectivity index (χ1) is 6.18. The second kappa shape index (κ2) is 2.76. The van der Waals surface area contributed by atoms with Crippen LogP contribution in [0.15, 0.2) is 18.2 Å². The Morgan fingerprint density at radius 3 is 3.08 bits per heavy atom. The van der Waals surface area contributed by atoms with E-state index in [2.05, 4.69) is 12.2 Å². The Morgan fingerprint density at radius 2 is 2.31 bits per heavy atom. The molecule has 1 aliphatic heterocycles. The molecule has 0 unspecified atom stereocenters. The van der Waals surface area contributed by atoms with Gasteiger partial charge in [0.05, 0.1) is 0 Å². The normalized spacial score (nSPS) is 20.7. The van der Waals surface area contributed by atoms with Gasteiger partial charge in [-0.3, -0.25) is 4.79 Å². The number of carbonyl (C=O) groups excluding carboxylic acids is 1. The van der Waals surface area contributed by atoms with E-state index in [9.17, 15) is 4.79 Å². The SMILES string of the molecule is C[C@H]1CNC(=O)c2cc(N)ccc21. The fourth-order valence-electron chi connectivity index (χ4n) is 1.65. The van der Waals surface area contributed by atoms with Crippen LogP contribution in [0.1, 0.15) is 28.8 Å². The first kappa shape index (κ1) is 8.10. The lowest BCUT2D eigenvalue weighted by Gasteiger charge is -2.22. The first-order valence-corrected chi connectivity index (χ1v) is 4.36. The van der Waals surface area contributed by atoms with Crippen LogP contribution in [0.2, 0.25) is 0 Å². The summed E-state index contributed by atoms with van der Waals surface area (Å²) >= 11 is 0. The van der Waals surface area contributed by atoms with Crippen molar-refractivity contribution < 1.29 is 4.79 Å². The topological polar surface area (TPSA) is 55.1 Å². The van der Waals surface area contributed by atoms with E-state index in [0.717, 1.165) is 17.7 Å². The second-order valence-corrected chi connectivity index (χ2v) is 3.46. The van der Waals surface area contributed by atoms with Gasteiger partial charge in [0.15, 0.2) is 0 Å². The summed E-state index contributed by atoms with van der Waals surface area (Å²) in [6.45, 7) is 2.81. The molecule has 0 spiro atoms. The van der Waals surface area contributed by atoms with Gasteiger partial charge in [0.25, 0.3) is 5.91 Å². The zero-order chi connectivity index (χ0) is 9.42. The van der Waals surface area contributed by atoms with Gasteiger partial charge in [-0.05, 0) is 23.6 Å². The number of hydrogen-bond donors (Lipinski definition) is 2. The lowest BCUT2D eigenvalue weighted by molar-refractivity contribution is 0.0941. The number of hydrogen-bond acceptors (Lipinski definition) is 2. The quantitative estimate of drug-likeness (QED) is 0.582. The maximum atomic E-state index is 11.4. The molecule has 2 rings (SSSR count). The molecular formula is C10H12N2O. The molecule has 68 valence electrons. The zero-order valence-corrected chi connectivity index (χ0v) is 7.50. The predicted octanol–water partition coefficient (Wildman–Crippen LogP) is 1.12. The van der Waals surface area contributed by atoms with E-state index < -0.39 is 0 Å². The highest BCUT2D eigenvalue weighted by Gasteiger charge is 2.21. The van der Waals surface area contributed by atoms with E-state index in [-0.39, 0.29) is 5.91 Å². The molecule has 0 aliphatic carbocycles. The molecule has 3 heteroatoms. The lowest BCUT2D eigenvalue weighted by Crippen LogP contribution is -2.33.